The summed E-state index contributed by atoms with van der Waals surface area (Å²) in [5.41, 5.74) is 7.13. The number of aromatic nitrogens is 2. The summed E-state index contributed by atoms with van der Waals surface area (Å²) in [6.07, 6.45) is 1.11. The van der Waals surface area contributed by atoms with Crippen LogP contribution in [0.3, 0.4) is 0 Å². The minimum atomic E-state index is 0.0141. The van der Waals surface area contributed by atoms with Gasteiger partial charge < -0.3 is 15.8 Å². The van der Waals surface area contributed by atoms with E-state index in [0.717, 1.165) is 25.2 Å². The lowest BCUT2D eigenvalue weighted by Gasteiger charge is -2.20. The SMILES string of the molecule is Cc1cc(/C(N)=N/O)nc(N2CCC(C)(C)C2)n1. The molecule has 98 valence electrons. The highest BCUT2D eigenvalue weighted by molar-refractivity contribution is 5.95. The molecule has 0 amide bonds. The molecule has 18 heavy (non-hydrogen) atoms. The molecule has 0 aliphatic carbocycles. The molecule has 1 fully saturated rings. The Hall–Kier alpha value is -1.85. The quantitative estimate of drug-likeness (QED) is 0.355. The molecule has 6 heteroatoms. The van der Waals surface area contributed by atoms with E-state index in [2.05, 4.69) is 33.9 Å². The van der Waals surface area contributed by atoms with Crippen LogP contribution in [0.2, 0.25) is 0 Å². The molecule has 1 aromatic heterocycles. The summed E-state index contributed by atoms with van der Waals surface area (Å²) < 4.78 is 0. The first-order valence-electron chi connectivity index (χ1n) is 6.00. The molecule has 1 aromatic rings. The monoisotopic (exact) mass is 249 g/mol. The van der Waals surface area contributed by atoms with Crippen LogP contribution >= 0.6 is 0 Å². The number of nitrogens with zero attached hydrogens (tertiary/aromatic N) is 4. The van der Waals surface area contributed by atoms with Crippen LogP contribution in [0.25, 0.3) is 0 Å². The molecule has 0 aromatic carbocycles. The smallest absolute Gasteiger partial charge is 0.226 e. The fourth-order valence-electron chi connectivity index (χ4n) is 2.16. The third-order valence-corrected chi connectivity index (χ3v) is 3.17. The van der Waals surface area contributed by atoms with Crippen molar-refractivity contribution >= 4 is 11.8 Å². The van der Waals surface area contributed by atoms with Crippen molar-refractivity contribution < 1.29 is 5.21 Å². The molecular formula is C12H19N5O. The van der Waals surface area contributed by atoms with Gasteiger partial charge in [-0.05, 0) is 24.8 Å². The molecule has 0 saturated carbocycles. The zero-order valence-corrected chi connectivity index (χ0v) is 11.0. The Morgan fingerprint density at radius 1 is 1.50 bits per heavy atom. The zero-order chi connectivity index (χ0) is 13.3. The minimum Gasteiger partial charge on any atom is -0.409 e. The third kappa shape index (κ3) is 2.52. The van der Waals surface area contributed by atoms with Crippen molar-refractivity contribution in [1.29, 1.82) is 0 Å². The van der Waals surface area contributed by atoms with E-state index in [4.69, 9.17) is 10.9 Å². The van der Waals surface area contributed by atoms with Crippen LogP contribution < -0.4 is 10.6 Å². The van der Waals surface area contributed by atoms with Gasteiger partial charge in [0.15, 0.2) is 5.84 Å². The second kappa shape index (κ2) is 4.44. The second-order valence-electron chi connectivity index (χ2n) is 5.52. The van der Waals surface area contributed by atoms with Crippen molar-refractivity contribution in [2.75, 3.05) is 18.0 Å². The Morgan fingerprint density at radius 3 is 2.78 bits per heavy atom. The lowest BCUT2D eigenvalue weighted by Crippen LogP contribution is -2.26. The fraction of sp³-hybridized carbons (Fsp3) is 0.583. The van der Waals surface area contributed by atoms with Crippen molar-refractivity contribution in [1.82, 2.24) is 9.97 Å². The average molecular weight is 249 g/mol. The first-order valence-corrected chi connectivity index (χ1v) is 6.00. The van der Waals surface area contributed by atoms with E-state index in [0.29, 0.717) is 11.6 Å². The molecule has 0 bridgehead atoms. The van der Waals surface area contributed by atoms with Crippen molar-refractivity contribution in [3.8, 4) is 0 Å². The fourth-order valence-corrected chi connectivity index (χ4v) is 2.16. The van der Waals surface area contributed by atoms with Crippen molar-refractivity contribution in [2.45, 2.75) is 27.2 Å². The number of hydrogen-bond acceptors (Lipinski definition) is 5. The molecule has 1 aliphatic rings. The summed E-state index contributed by atoms with van der Waals surface area (Å²) in [6.45, 7) is 8.19. The van der Waals surface area contributed by atoms with Gasteiger partial charge in [-0.1, -0.05) is 19.0 Å². The Labute approximate surface area is 107 Å². The molecule has 0 atom stereocenters. The van der Waals surface area contributed by atoms with E-state index in [1.54, 1.807) is 6.07 Å². The summed E-state index contributed by atoms with van der Waals surface area (Å²) in [5.74, 6) is 0.669. The molecule has 2 heterocycles. The number of rotatable bonds is 2. The number of oxime groups is 1. The molecule has 0 radical (unpaired) electrons. The van der Waals surface area contributed by atoms with Gasteiger partial charge in [0.2, 0.25) is 5.95 Å². The van der Waals surface area contributed by atoms with Gasteiger partial charge in [0.05, 0.1) is 0 Å². The van der Waals surface area contributed by atoms with E-state index in [-0.39, 0.29) is 11.3 Å². The normalized spacial score (nSPS) is 19.3. The Morgan fingerprint density at radius 2 is 2.22 bits per heavy atom. The summed E-state index contributed by atoms with van der Waals surface area (Å²) in [7, 11) is 0. The van der Waals surface area contributed by atoms with Gasteiger partial charge >= 0.3 is 0 Å². The molecule has 0 unspecified atom stereocenters. The van der Waals surface area contributed by atoms with Gasteiger partial charge in [0.25, 0.3) is 0 Å². The Balaban J connectivity index is 2.32. The Bertz CT molecular complexity index is 483. The van der Waals surface area contributed by atoms with Gasteiger partial charge in [-0.25, -0.2) is 9.97 Å². The molecular weight excluding hydrogens is 230 g/mol. The maximum atomic E-state index is 8.71. The van der Waals surface area contributed by atoms with Gasteiger partial charge in [-0.3, -0.25) is 0 Å². The van der Waals surface area contributed by atoms with Gasteiger partial charge in [0.1, 0.15) is 5.69 Å². The van der Waals surface area contributed by atoms with Crippen LogP contribution in [-0.2, 0) is 0 Å². The van der Waals surface area contributed by atoms with Gasteiger partial charge in [-0.2, -0.15) is 0 Å². The first kappa shape index (κ1) is 12.6. The Kier molecular flexibility index (Phi) is 3.11. The van der Waals surface area contributed by atoms with E-state index in [1.165, 1.54) is 0 Å². The summed E-state index contributed by atoms with van der Waals surface area (Å²) in [6, 6.07) is 1.71. The van der Waals surface area contributed by atoms with Crippen LogP contribution in [0.1, 0.15) is 31.7 Å². The zero-order valence-electron chi connectivity index (χ0n) is 11.0. The molecule has 6 nitrogen and oxygen atoms in total. The van der Waals surface area contributed by atoms with Crippen molar-refractivity contribution in [2.24, 2.45) is 16.3 Å². The van der Waals surface area contributed by atoms with E-state index in [9.17, 15) is 0 Å². The van der Waals surface area contributed by atoms with E-state index < -0.39 is 0 Å². The average Bonchev–Trinajstić information content (AvgIpc) is 2.68. The highest BCUT2D eigenvalue weighted by Gasteiger charge is 2.30. The van der Waals surface area contributed by atoms with Crippen molar-refractivity contribution in [3.63, 3.8) is 0 Å². The highest BCUT2D eigenvalue weighted by Crippen LogP contribution is 2.30. The van der Waals surface area contributed by atoms with Gasteiger partial charge in [0, 0.05) is 18.8 Å². The van der Waals surface area contributed by atoms with Gasteiger partial charge in [-0.15, -0.1) is 0 Å². The first-order chi connectivity index (χ1) is 8.41. The third-order valence-electron chi connectivity index (χ3n) is 3.17. The maximum absolute atomic E-state index is 8.71. The maximum Gasteiger partial charge on any atom is 0.226 e. The number of amidine groups is 1. The van der Waals surface area contributed by atoms with Crippen LogP contribution in [0.15, 0.2) is 11.2 Å². The topological polar surface area (TPSA) is 87.6 Å². The molecule has 3 N–H and O–H groups in total. The van der Waals surface area contributed by atoms with Crippen LogP contribution in [0, 0.1) is 12.3 Å². The predicted molar refractivity (Wildman–Crippen MR) is 69.9 cm³/mol. The standard InChI is InChI=1S/C12H19N5O/c1-8-6-9(10(13)16-18)15-11(14-8)17-5-4-12(2,3)7-17/h6,18H,4-5,7H2,1-3H3,(H2,13,16). The lowest BCUT2D eigenvalue weighted by molar-refractivity contribution is 0.318. The number of nitrogens with two attached hydrogens (primary N) is 1. The van der Waals surface area contributed by atoms with Crippen LogP contribution in [0.4, 0.5) is 5.95 Å². The molecule has 1 saturated heterocycles. The van der Waals surface area contributed by atoms with Crippen molar-refractivity contribution in [3.05, 3.63) is 17.5 Å². The summed E-state index contributed by atoms with van der Waals surface area (Å²) in [4.78, 5) is 10.9. The number of aryl methyl sites for hydroxylation is 1. The number of anilines is 1. The lowest BCUT2D eigenvalue weighted by atomic mass is 9.93. The number of hydrogen-bond donors (Lipinski definition) is 2. The largest absolute Gasteiger partial charge is 0.409 e. The molecule has 0 spiro atoms. The molecule has 1 aliphatic heterocycles. The predicted octanol–water partition coefficient (Wildman–Crippen LogP) is 1.12. The van der Waals surface area contributed by atoms with Crippen LogP contribution in [0.5, 0.6) is 0 Å². The second-order valence-corrected chi connectivity index (χ2v) is 5.52. The van der Waals surface area contributed by atoms with Crippen LogP contribution in [-0.4, -0.2) is 34.1 Å². The minimum absolute atomic E-state index is 0.0141. The summed E-state index contributed by atoms with van der Waals surface area (Å²) in [5, 5.41) is 11.7. The highest BCUT2D eigenvalue weighted by atomic mass is 16.4. The van der Waals surface area contributed by atoms with E-state index in [1.807, 2.05) is 6.92 Å². The summed E-state index contributed by atoms with van der Waals surface area (Å²) >= 11 is 0. The van der Waals surface area contributed by atoms with E-state index >= 15 is 0 Å². The molecule has 2 rings (SSSR count).